The lowest BCUT2D eigenvalue weighted by molar-refractivity contribution is -0.159. The van der Waals surface area contributed by atoms with Crippen LogP contribution in [0.1, 0.15) is 66.4 Å². The molecule has 1 N–H and O–H groups in total. The van der Waals surface area contributed by atoms with Gasteiger partial charge in [-0.3, -0.25) is 14.4 Å². The quantitative estimate of drug-likeness (QED) is 0.323. The van der Waals surface area contributed by atoms with E-state index in [2.05, 4.69) is 27.0 Å². The van der Waals surface area contributed by atoms with Crippen LogP contribution in [0, 0.1) is 23.7 Å². The van der Waals surface area contributed by atoms with Crippen LogP contribution < -0.4 is 0 Å². The zero-order valence-electron chi connectivity index (χ0n) is 26.9. The van der Waals surface area contributed by atoms with Crippen LogP contribution in [0.15, 0.2) is 55.6 Å². The van der Waals surface area contributed by atoms with Gasteiger partial charge in [-0.15, -0.1) is 13.2 Å². The molecule has 4 rings (SSSR count). The van der Waals surface area contributed by atoms with Gasteiger partial charge in [0.25, 0.3) is 0 Å². The van der Waals surface area contributed by atoms with Gasteiger partial charge in [-0.1, -0.05) is 76.6 Å². The van der Waals surface area contributed by atoms with Crippen molar-refractivity contribution in [3.05, 3.63) is 61.2 Å². The molecule has 4 unspecified atom stereocenters. The average Bonchev–Trinajstić information content (AvgIpc) is 3.48. The molecule has 2 bridgehead atoms. The van der Waals surface area contributed by atoms with Crippen LogP contribution in [0.2, 0.25) is 0 Å². The van der Waals surface area contributed by atoms with Gasteiger partial charge in [0.05, 0.1) is 30.1 Å². The Morgan fingerprint density at radius 1 is 1.14 bits per heavy atom. The number of aliphatic hydroxyl groups is 1. The van der Waals surface area contributed by atoms with Crippen molar-refractivity contribution < 1.29 is 24.2 Å². The van der Waals surface area contributed by atoms with Crippen LogP contribution in [0.4, 0.5) is 0 Å². The lowest BCUT2D eigenvalue weighted by Gasteiger charge is -2.42. The number of carbonyl (C=O) groups excluding carboxylic acids is 3. The molecule has 1 aromatic carbocycles. The van der Waals surface area contributed by atoms with Gasteiger partial charge in [0.1, 0.15) is 11.6 Å². The van der Waals surface area contributed by atoms with E-state index in [-0.39, 0.29) is 42.2 Å². The van der Waals surface area contributed by atoms with E-state index >= 15 is 0 Å². The number of likely N-dealkylation sites (tertiary alicyclic amines) is 1. The monoisotopic (exact) mass is 593 g/mol. The Bertz CT molecular complexity index is 1200. The van der Waals surface area contributed by atoms with Crippen LogP contribution in [0.3, 0.4) is 0 Å². The molecule has 3 saturated heterocycles. The van der Waals surface area contributed by atoms with Gasteiger partial charge in [-0.05, 0) is 44.1 Å². The van der Waals surface area contributed by atoms with E-state index in [1.807, 2.05) is 58.0 Å². The Labute approximate surface area is 257 Å². The second kappa shape index (κ2) is 12.9. The highest BCUT2D eigenvalue weighted by atomic mass is 16.5. The van der Waals surface area contributed by atoms with Crippen molar-refractivity contribution in [3.63, 3.8) is 0 Å². The van der Waals surface area contributed by atoms with Crippen molar-refractivity contribution in [1.29, 1.82) is 0 Å². The fourth-order valence-electron chi connectivity index (χ4n) is 8.06. The van der Waals surface area contributed by atoms with E-state index in [4.69, 9.17) is 4.74 Å². The lowest BCUT2D eigenvalue weighted by atomic mass is 9.62. The molecule has 0 saturated carbocycles. The summed E-state index contributed by atoms with van der Waals surface area (Å²) in [6, 6.07) is 8.15. The zero-order chi connectivity index (χ0) is 31.7. The smallest absolute Gasteiger partial charge is 0.248 e. The number of rotatable bonds is 14. The maximum atomic E-state index is 14.8. The number of aliphatic hydroxyl groups excluding tert-OH is 1. The molecule has 3 fully saturated rings. The van der Waals surface area contributed by atoms with Crippen molar-refractivity contribution in [2.24, 2.45) is 23.7 Å². The number of nitrogens with zero attached hydrogens (tertiary/aromatic N) is 3. The predicted molar refractivity (Wildman–Crippen MR) is 168 cm³/mol. The van der Waals surface area contributed by atoms with Crippen LogP contribution in [0.5, 0.6) is 0 Å². The largest absolute Gasteiger partial charge is 0.394 e. The molecular weight excluding hydrogens is 542 g/mol. The van der Waals surface area contributed by atoms with Gasteiger partial charge in [-0.2, -0.15) is 0 Å². The number of benzene rings is 1. The summed E-state index contributed by atoms with van der Waals surface area (Å²) in [7, 11) is 0. The van der Waals surface area contributed by atoms with Crippen LogP contribution in [0.25, 0.3) is 0 Å². The maximum Gasteiger partial charge on any atom is 0.248 e. The Balaban J connectivity index is 1.84. The minimum Gasteiger partial charge on any atom is -0.394 e. The van der Waals surface area contributed by atoms with Gasteiger partial charge in [-0.25, -0.2) is 0 Å². The first kappa shape index (κ1) is 32.9. The lowest BCUT2D eigenvalue weighted by Crippen LogP contribution is -2.60. The first-order valence-electron chi connectivity index (χ1n) is 15.9. The minimum absolute atomic E-state index is 0.0735. The summed E-state index contributed by atoms with van der Waals surface area (Å²) in [6.45, 7) is 20.5. The minimum atomic E-state index is -1.18. The van der Waals surface area contributed by atoms with E-state index < -0.39 is 35.1 Å². The van der Waals surface area contributed by atoms with Gasteiger partial charge >= 0.3 is 0 Å². The van der Waals surface area contributed by atoms with Crippen LogP contribution >= 0.6 is 0 Å². The van der Waals surface area contributed by atoms with Gasteiger partial charge < -0.3 is 24.5 Å². The van der Waals surface area contributed by atoms with E-state index in [0.29, 0.717) is 26.1 Å². The highest BCUT2D eigenvalue weighted by molar-refractivity contribution is 5.99. The molecule has 1 aromatic rings. The Hall–Kier alpha value is -2.97. The highest BCUT2D eigenvalue weighted by Gasteiger charge is 2.80. The molecule has 1 spiro atoms. The standard InChI is InChI=1S/C35H51N3O5/c1-9-15-25(7)37(19-11-3)33(42)30-35-20-24(6)34(8,43-35)28(29(35)32(41)38(30)27(22-39)23(4)5)31(40)36(18-10-2)21-26-16-13-12-14-17-26/h10-14,16-17,23-25,27-30,39H,2-3,9,15,18-22H2,1,4-8H3/t24?,25?,27-,28+,29-,30?,34-,35?/m0/s1. The Morgan fingerprint density at radius 3 is 2.35 bits per heavy atom. The molecule has 0 aliphatic carbocycles. The van der Waals surface area contributed by atoms with Crippen molar-refractivity contribution in [2.75, 3.05) is 19.7 Å². The predicted octanol–water partition coefficient (Wildman–Crippen LogP) is 4.43. The Kier molecular flexibility index (Phi) is 9.92. The summed E-state index contributed by atoms with van der Waals surface area (Å²) >= 11 is 0. The van der Waals surface area contributed by atoms with Gasteiger partial charge in [0.2, 0.25) is 17.7 Å². The molecule has 8 heteroatoms. The number of carbonyl (C=O) groups is 3. The summed E-state index contributed by atoms with van der Waals surface area (Å²) in [5.74, 6) is -2.45. The number of fused-ring (bicyclic) bond motifs is 1. The summed E-state index contributed by atoms with van der Waals surface area (Å²) in [5, 5.41) is 10.6. The van der Waals surface area contributed by atoms with Crippen molar-refractivity contribution in [1.82, 2.24) is 14.7 Å². The molecule has 3 heterocycles. The maximum absolute atomic E-state index is 14.8. The third kappa shape index (κ3) is 5.46. The number of ether oxygens (including phenoxy) is 1. The molecule has 0 radical (unpaired) electrons. The van der Waals surface area contributed by atoms with Crippen LogP contribution in [-0.2, 0) is 25.7 Å². The SMILES string of the molecule is C=CCN(Cc1ccccc1)C(=O)[C@H]1[C@H]2C(=O)N([C@@H](CO)C(C)C)C(C(=O)N(CC=C)C(C)CCC)C23CC(C)[C@]1(C)O3. The van der Waals surface area contributed by atoms with Gasteiger partial charge in [0, 0.05) is 25.7 Å². The normalized spacial score (nSPS) is 30.7. The molecule has 0 aromatic heterocycles. The van der Waals surface area contributed by atoms with E-state index in [9.17, 15) is 19.5 Å². The summed E-state index contributed by atoms with van der Waals surface area (Å²) in [6.07, 6.45) is 5.60. The first-order valence-corrected chi connectivity index (χ1v) is 15.9. The number of hydrogen-bond acceptors (Lipinski definition) is 5. The topological polar surface area (TPSA) is 90.4 Å². The van der Waals surface area contributed by atoms with Crippen molar-refractivity contribution in [2.45, 2.75) is 96.7 Å². The molecular formula is C35H51N3O5. The third-order valence-corrected chi connectivity index (χ3v) is 10.3. The summed E-state index contributed by atoms with van der Waals surface area (Å²) in [5.41, 5.74) is -1.13. The molecule has 8 nitrogen and oxygen atoms in total. The van der Waals surface area contributed by atoms with E-state index in [1.165, 1.54) is 0 Å². The van der Waals surface area contributed by atoms with Crippen molar-refractivity contribution >= 4 is 17.7 Å². The van der Waals surface area contributed by atoms with E-state index in [1.54, 1.807) is 26.9 Å². The summed E-state index contributed by atoms with van der Waals surface area (Å²) < 4.78 is 6.98. The fraction of sp³-hybridized carbons (Fsp3) is 0.629. The van der Waals surface area contributed by atoms with Crippen molar-refractivity contribution in [3.8, 4) is 0 Å². The third-order valence-electron chi connectivity index (χ3n) is 10.3. The molecule has 3 aliphatic heterocycles. The van der Waals surface area contributed by atoms with E-state index in [0.717, 1.165) is 18.4 Å². The zero-order valence-corrected chi connectivity index (χ0v) is 26.9. The fourth-order valence-corrected chi connectivity index (χ4v) is 8.06. The number of amides is 3. The molecule has 43 heavy (non-hydrogen) atoms. The average molecular weight is 594 g/mol. The second-order valence-electron chi connectivity index (χ2n) is 13.4. The molecule has 3 aliphatic rings. The molecule has 236 valence electrons. The molecule has 3 amide bonds. The van der Waals surface area contributed by atoms with Gasteiger partial charge in [0.15, 0.2) is 0 Å². The second-order valence-corrected chi connectivity index (χ2v) is 13.4. The highest BCUT2D eigenvalue weighted by Crippen LogP contribution is 2.66. The first-order chi connectivity index (χ1) is 20.4. The summed E-state index contributed by atoms with van der Waals surface area (Å²) in [4.78, 5) is 49.2. The number of hydrogen-bond donors (Lipinski definition) is 1. The molecule has 8 atom stereocenters. The van der Waals surface area contributed by atoms with Crippen LogP contribution in [-0.4, -0.2) is 86.6 Å². The Morgan fingerprint density at radius 2 is 1.79 bits per heavy atom.